The molecule has 0 aliphatic heterocycles. The molecule has 0 aromatic heterocycles. The van der Waals surface area contributed by atoms with Gasteiger partial charge in [-0.25, -0.2) is 0 Å². The van der Waals surface area contributed by atoms with Crippen LogP contribution in [0.5, 0.6) is 0 Å². The van der Waals surface area contributed by atoms with E-state index in [0.717, 1.165) is 0 Å². The fourth-order valence-corrected chi connectivity index (χ4v) is 2.91. The van der Waals surface area contributed by atoms with Crippen molar-refractivity contribution in [2.45, 2.75) is 72.5 Å². The van der Waals surface area contributed by atoms with Crippen LogP contribution in [0.1, 0.15) is 60.3 Å². The summed E-state index contributed by atoms with van der Waals surface area (Å²) in [7, 11) is 0. The van der Waals surface area contributed by atoms with Crippen LogP contribution in [0, 0.1) is 11.3 Å². The average molecular weight is 256 g/mol. The molecular weight excluding hydrogens is 228 g/mol. The van der Waals surface area contributed by atoms with E-state index in [2.05, 4.69) is 20.8 Å². The summed E-state index contributed by atoms with van der Waals surface area (Å²) in [5.74, 6) is 0.394. The molecule has 0 amide bonds. The zero-order chi connectivity index (χ0) is 13.8. The van der Waals surface area contributed by atoms with Gasteiger partial charge in [0.15, 0.2) is 0 Å². The molecule has 3 heteroatoms. The number of ether oxygens (including phenoxy) is 2. The van der Waals surface area contributed by atoms with Crippen molar-refractivity contribution in [2.24, 2.45) is 11.3 Å². The molecule has 0 spiro atoms. The number of hydrogen-bond acceptors (Lipinski definition) is 3. The van der Waals surface area contributed by atoms with Gasteiger partial charge >= 0.3 is 5.97 Å². The maximum Gasteiger partial charge on any atom is 0.302 e. The highest BCUT2D eigenvalue weighted by Gasteiger charge is 2.31. The van der Waals surface area contributed by atoms with Gasteiger partial charge in [-0.2, -0.15) is 0 Å². The van der Waals surface area contributed by atoms with Crippen molar-refractivity contribution in [1.29, 1.82) is 0 Å². The molecule has 0 aromatic carbocycles. The number of hydrogen-bond donors (Lipinski definition) is 0. The van der Waals surface area contributed by atoms with Crippen molar-refractivity contribution in [1.82, 2.24) is 0 Å². The summed E-state index contributed by atoms with van der Waals surface area (Å²) in [6.45, 7) is 10.6. The second-order valence-corrected chi connectivity index (χ2v) is 6.48. The fourth-order valence-electron chi connectivity index (χ4n) is 2.91. The van der Waals surface area contributed by atoms with Crippen LogP contribution in [-0.2, 0) is 14.3 Å². The summed E-state index contributed by atoms with van der Waals surface area (Å²) in [6.07, 6.45) is 5.33. The normalized spacial score (nSPS) is 26.4. The van der Waals surface area contributed by atoms with E-state index in [9.17, 15) is 4.79 Å². The molecule has 1 aliphatic carbocycles. The first-order valence-electron chi connectivity index (χ1n) is 7.09. The van der Waals surface area contributed by atoms with E-state index in [0.29, 0.717) is 17.9 Å². The molecule has 3 atom stereocenters. The Kier molecular flexibility index (Phi) is 5.64. The van der Waals surface area contributed by atoms with Gasteiger partial charge in [0.1, 0.15) is 6.61 Å². The van der Waals surface area contributed by atoms with Gasteiger partial charge in [0.05, 0.1) is 12.2 Å². The highest BCUT2D eigenvalue weighted by molar-refractivity contribution is 5.65. The standard InChI is InChI=1S/C15H28O3/c1-11(10-17-13(3)16)18-12(2)14-7-6-8-15(4,5)9-14/h11-12,14H,6-10H2,1-5H3. The molecule has 0 saturated heterocycles. The third-order valence-electron chi connectivity index (χ3n) is 3.88. The van der Waals surface area contributed by atoms with Gasteiger partial charge in [-0.05, 0) is 44.4 Å². The maximum absolute atomic E-state index is 10.7. The molecule has 1 rings (SSSR count). The van der Waals surface area contributed by atoms with Gasteiger partial charge in [-0.3, -0.25) is 4.79 Å². The molecule has 0 N–H and O–H groups in total. The van der Waals surface area contributed by atoms with E-state index in [4.69, 9.17) is 9.47 Å². The van der Waals surface area contributed by atoms with Crippen LogP contribution >= 0.6 is 0 Å². The molecule has 3 unspecified atom stereocenters. The molecule has 0 bridgehead atoms. The second-order valence-electron chi connectivity index (χ2n) is 6.48. The van der Waals surface area contributed by atoms with Crippen LogP contribution in [0.2, 0.25) is 0 Å². The van der Waals surface area contributed by atoms with E-state index in [-0.39, 0.29) is 18.2 Å². The lowest BCUT2D eigenvalue weighted by molar-refractivity contribution is -0.147. The Morgan fingerprint density at radius 2 is 2.06 bits per heavy atom. The molecule has 3 nitrogen and oxygen atoms in total. The lowest BCUT2D eigenvalue weighted by Gasteiger charge is -2.38. The molecule has 0 aromatic rings. The summed E-state index contributed by atoms with van der Waals surface area (Å²) in [5.41, 5.74) is 0.444. The maximum atomic E-state index is 10.7. The van der Waals surface area contributed by atoms with Gasteiger partial charge in [0.25, 0.3) is 0 Å². The van der Waals surface area contributed by atoms with Crippen LogP contribution in [0.3, 0.4) is 0 Å². The third-order valence-corrected chi connectivity index (χ3v) is 3.88. The van der Waals surface area contributed by atoms with Crippen molar-refractivity contribution in [3.63, 3.8) is 0 Å². The summed E-state index contributed by atoms with van der Waals surface area (Å²) >= 11 is 0. The minimum Gasteiger partial charge on any atom is -0.463 e. The lowest BCUT2D eigenvalue weighted by atomic mass is 9.71. The van der Waals surface area contributed by atoms with Gasteiger partial charge in [0, 0.05) is 6.92 Å². The minimum atomic E-state index is -0.239. The zero-order valence-electron chi connectivity index (χ0n) is 12.5. The van der Waals surface area contributed by atoms with E-state index in [1.807, 2.05) is 6.92 Å². The SMILES string of the molecule is CC(=O)OCC(C)OC(C)C1CCCC(C)(C)C1. The Bertz CT molecular complexity index is 273. The van der Waals surface area contributed by atoms with Crippen LogP contribution in [-0.4, -0.2) is 24.8 Å². The van der Waals surface area contributed by atoms with Gasteiger partial charge in [0.2, 0.25) is 0 Å². The Morgan fingerprint density at radius 1 is 1.39 bits per heavy atom. The molecule has 1 saturated carbocycles. The quantitative estimate of drug-likeness (QED) is 0.706. The molecular formula is C15H28O3. The van der Waals surface area contributed by atoms with Crippen LogP contribution in [0.25, 0.3) is 0 Å². The Morgan fingerprint density at radius 3 is 2.61 bits per heavy atom. The van der Waals surface area contributed by atoms with E-state index >= 15 is 0 Å². The summed E-state index contributed by atoms with van der Waals surface area (Å²) < 4.78 is 10.9. The van der Waals surface area contributed by atoms with Crippen LogP contribution < -0.4 is 0 Å². The van der Waals surface area contributed by atoms with Crippen molar-refractivity contribution < 1.29 is 14.3 Å². The molecule has 0 heterocycles. The Labute approximate surface area is 111 Å². The molecule has 0 radical (unpaired) electrons. The van der Waals surface area contributed by atoms with Crippen molar-refractivity contribution in [3.8, 4) is 0 Å². The second kappa shape index (κ2) is 6.55. The zero-order valence-corrected chi connectivity index (χ0v) is 12.5. The molecule has 1 aliphatic rings. The molecule has 106 valence electrons. The first-order valence-corrected chi connectivity index (χ1v) is 7.09. The minimum absolute atomic E-state index is 0.0195. The van der Waals surface area contributed by atoms with E-state index in [1.54, 1.807) is 0 Å². The van der Waals surface area contributed by atoms with Crippen LogP contribution in [0.4, 0.5) is 0 Å². The Balaban J connectivity index is 2.35. The average Bonchev–Trinajstić information content (AvgIpc) is 2.25. The fraction of sp³-hybridized carbons (Fsp3) is 0.933. The van der Waals surface area contributed by atoms with Gasteiger partial charge in [-0.15, -0.1) is 0 Å². The summed E-state index contributed by atoms with van der Waals surface area (Å²) in [4.78, 5) is 10.7. The van der Waals surface area contributed by atoms with Gasteiger partial charge < -0.3 is 9.47 Å². The monoisotopic (exact) mass is 256 g/mol. The number of carbonyl (C=O) groups is 1. The summed E-state index contributed by atoms with van der Waals surface area (Å²) in [5, 5.41) is 0. The number of esters is 1. The predicted molar refractivity (Wildman–Crippen MR) is 72.4 cm³/mol. The van der Waals surface area contributed by atoms with Crippen molar-refractivity contribution >= 4 is 5.97 Å². The van der Waals surface area contributed by atoms with Crippen molar-refractivity contribution in [2.75, 3.05) is 6.61 Å². The molecule has 1 fully saturated rings. The highest BCUT2D eigenvalue weighted by atomic mass is 16.6. The lowest BCUT2D eigenvalue weighted by Crippen LogP contribution is -2.33. The third kappa shape index (κ3) is 5.38. The largest absolute Gasteiger partial charge is 0.463 e. The Hall–Kier alpha value is -0.570. The van der Waals surface area contributed by atoms with Crippen molar-refractivity contribution in [3.05, 3.63) is 0 Å². The smallest absolute Gasteiger partial charge is 0.302 e. The topological polar surface area (TPSA) is 35.5 Å². The molecule has 18 heavy (non-hydrogen) atoms. The highest BCUT2D eigenvalue weighted by Crippen LogP contribution is 2.40. The first kappa shape index (κ1) is 15.5. The van der Waals surface area contributed by atoms with Crippen LogP contribution in [0.15, 0.2) is 0 Å². The van der Waals surface area contributed by atoms with E-state index < -0.39 is 0 Å². The summed E-state index contributed by atoms with van der Waals surface area (Å²) in [6, 6.07) is 0. The first-order chi connectivity index (χ1) is 8.30. The van der Waals surface area contributed by atoms with E-state index in [1.165, 1.54) is 32.6 Å². The number of carbonyl (C=O) groups excluding carboxylic acids is 1. The number of rotatable bonds is 5. The predicted octanol–water partition coefficient (Wildman–Crippen LogP) is 3.56. The van der Waals surface area contributed by atoms with Gasteiger partial charge in [-0.1, -0.05) is 20.3 Å².